The molecule has 0 spiro atoms. The lowest BCUT2D eigenvalue weighted by atomic mass is 10.1. The number of amides is 1. The summed E-state index contributed by atoms with van der Waals surface area (Å²) in [6.07, 6.45) is 6.54. The summed E-state index contributed by atoms with van der Waals surface area (Å²) in [5.74, 6) is 0.431. The van der Waals surface area contributed by atoms with Gasteiger partial charge in [-0.1, -0.05) is 29.8 Å². The largest absolute Gasteiger partial charge is 0.297 e. The number of anilines is 1. The molecule has 0 bridgehead atoms. The Balaban J connectivity index is 1.98. The second-order valence-corrected chi connectivity index (χ2v) is 5.65. The van der Waals surface area contributed by atoms with Gasteiger partial charge in [0, 0.05) is 12.0 Å². The van der Waals surface area contributed by atoms with Crippen molar-refractivity contribution < 1.29 is 4.79 Å². The fourth-order valence-electron chi connectivity index (χ4n) is 2.03. The van der Waals surface area contributed by atoms with Crippen LogP contribution in [-0.4, -0.2) is 16.1 Å². The number of allylic oxidation sites excluding steroid dienone is 1. The average molecular weight is 251 g/mol. The molecule has 1 aliphatic carbocycles. The number of hydrogen-bond donors (Lipinski definition) is 1. The molecule has 17 heavy (non-hydrogen) atoms. The molecule has 1 heterocycles. The Morgan fingerprint density at radius 2 is 2.06 bits per heavy atom. The first kappa shape index (κ1) is 12.2. The number of carbonyl (C=O) groups excluding carboxylic acids is 1. The molecule has 1 aromatic heterocycles. The predicted octanol–water partition coefficient (Wildman–Crippen LogP) is 3.10. The standard InChI is InChI=1S/C12H17N3OS/c1-8(2)7-10(16)13-12-15-14-11(17-12)9-5-3-4-6-9/h7,9H,3-6H2,1-2H3,(H,13,15,16). The minimum atomic E-state index is -0.126. The molecular weight excluding hydrogens is 234 g/mol. The maximum absolute atomic E-state index is 11.5. The normalized spacial score (nSPS) is 15.9. The van der Waals surface area contributed by atoms with E-state index in [2.05, 4.69) is 15.5 Å². The number of nitrogens with zero attached hydrogens (tertiary/aromatic N) is 2. The summed E-state index contributed by atoms with van der Waals surface area (Å²) in [5.41, 5.74) is 0.975. The van der Waals surface area contributed by atoms with Gasteiger partial charge in [-0.05, 0) is 26.7 Å². The molecule has 2 rings (SSSR count). The van der Waals surface area contributed by atoms with Gasteiger partial charge in [-0.3, -0.25) is 10.1 Å². The van der Waals surface area contributed by atoms with Crippen LogP contribution < -0.4 is 5.32 Å². The first-order valence-corrected chi connectivity index (χ1v) is 6.76. The maximum Gasteiger partial charge on any atom is 0.250 e. The first-order valence-electron chi connectivity index (χ1n) is 5.94. The van der Waals surface area contributed by atoms with Gasteiger partial charge in [0.25, 0.3) is 0 Å². The molecule has 1 amide bonds. The highest BCUT2D eigenvalue weighted by molar-refractivity contribution is 7.15. The van der Waals surface area contributed by atoms with E-state index in [4.69, 9.17) is 0 Å². The molecule has 0 atom stereocenters. The lowest BCUT2D eigenvalue weighted by Crippen LogP contribution is -2.07. The van der Waals surface area contributed by atoms with E-state index in [1.807, 2.05) is 13.8 Å². The van der Waals surface area contributed by atoms with E-state index in [0.717, 1.165) is 10.6 Å². The zero-order valence-corrected chi connectivity index (χ0v) is 11.0. The van der Waals surface area contributed by atoms with Crippen LogP contribution in [0.15, 0.2) is 11.6 Å². The van der Waals surface area contributed by atoms with Crippen molar-refractivity contribution in [3.05, 3.63) is 16.7 Å². The van der Waals surface area contributed by atoms with Crippen molar-refractivity contribution in [2.45, 2.75) is 45.4 Å². The monoisotopic (exact) mass is 251 g/mol. The summed E-state index contributed by atoms with van der Waals surface area (Å²) >= 11 is 1.50. The van der Waals surface area contributed by atoms with E-state index >= 15 is 0 Å². The molecule has 1 aliphatic rings. The van der Waals surface area contributed by atoms with Crippen molar-refractivity contribution in [1.82, 2.24) is 10.2 Å². The molecule has 1 fully saturated rings. The SMILES string of the molecule is CC(C)=CC(=O)Nc1nnc(C2CCCC2)s1. The van der Waals surface area contributed by atoms with Crippen LogP contribution in [0.3, 0.4) is 0 Å². The van der Waals surface area contributed by atoms with Crippen molar-refractivity contribution in [2.75, 3.05) is 5.32 Å². The van der Waals surface area contributed by atoms with Gasteiger partial charge in [0.05, 0.1) is 0 Å². The molecule has 0 aromatic carbocycles. The van der Waals surface area contributed by atoms with Crippen LogP contribution in [0.25, 0.3) is 0 Å². The Kier molecular flexibility index (Phi) is 3.89. The van der Waals surface area contributed by atoms with E-state index < -0.39 is 0 Å². The summed E-state index contributed by atoms with van der Waals surface area (Å²) in [5, 5.41) is 12.6. The van der Waals surface area contributed by atoms with Gasteiger partial charge in [0.1, 0.15) is 5.01 Å². The molecule has 0 unspecified atom stereocenters. The number of aromatic nitrogens is 2. The Morgan fingerprint density at radius 3 is 2.71 bits per heavy atom. The van der Waals surface area contributed by atoms with Gasteiger partial charge < -0.3 is 0 Å². The first-order chi connectivity index (χ1) is 8.15. The van der Waals surface area contributed by atoms with Crippen LogP contribution in [0.1, 0.15) is 50.5 Å². The number of carbonyl (C=O) groups is 1. The minimum Gasteiger partial charge on any atom is -0.297 e. The zero-order valence-electron chi connectivity index (χ0n) is 10.2. The second kappa shape index (κ2) is 5.40. The fraction of sp³-hybridized carbons (Fsp3) is 0.583. The van der Waals surface area contributed by atoms with Crippen LogP contribution in [0.2, 0.25) is 0 Å². The summed E-state index contributed by atoms with van der Waals surface area (Å²) in [6.45, 7) is 3.78. The van der Waals surface area contributed by atoms with Gasteiger partial charge in [-0.15, -0.1) is 10.2 Å². The Hall–Kier alpha value is -1.23. The van der Waals surface area contributed by atoms with E-state index in [-0.39, 0.29) is 5.91 Å². The Bertz CT molecular complexity index is 429. The summed E-state index contributed by atoms with van der Waals surface area (Å²) < 4.78 is 0. The van der Waals surface area contributed by atoms with Crippen LogP contribution >= 0.6 is 11.3 Å². The average Bonchev–Trinajstić information content (AvgIpc) is 2.84. The Labute approximate surface area is 105 Å². The lowest BCUT2D eigenvalue weighted by Gasteiger charge is -2.00. The van der Waals surface area contributed by atoms with Crippen LogP contribution in [-0.2, 0) is 4.79 Å². The van der Waals surface area contributed by atoms with E-state index in [9.17, 15) is 4.79 Å². The third-order valence-electron chi connectivity index (χ3n) is 2.79. The van der Waals surface area contributed by atoms with Gasteiger partial charge in [0.2, 0.25) is 11.0 Å². The van der Waals surface area contributed by atoms with Crippen molar-refractivity contribution in [3.63, 3.8) is 0 Å². The fourth-order valence-corrected chi connectivity index (χ4v) is 2.94. The van der Waals surface area contributed by atoms with Crippen LogP contribution in [0.4, 0.5) is 5.13 Å². The third kappa shape index (κ3) is 3.36. The molecule has 1 N–H and O–H groups in total. The molecule has 1 saturated carbocycles. The zero-order chi connectivity index (χ0) is 12.3. The molecule has 0 saturated heterocycles. The van der Waals surface area contributed by atoms with E-state index in [0.29, 0.717) is 11.0 Å². The predicted molar refractivity (Wildman–Crippen MR) is 69.2 cm³/mol. The lowest BCUT2D eigenvalue weighted by molar-refractivity contribution is -0.111. The van der Waals surface area contributed by atoms with E-state index in [1.165, 1.54) is 37.0 Å². The van der Waals surface area contributed by atoms with Crippen molar-refractivity contribution in [1.29, 1.82) is 0 Å². The van der Waals surface area contributed by atoms with Crippen molar-refractivity contribution in [2.24, 2.45) is 0 Å². The number of hydrogen-bond acceptors (Lipinski definition) is 4. The van der Waals surface area contributed by atoms with Crippen LogP contribution in [0, 0.1) is 0 Å². The molecule has 0 radical (unpaired) electrons. The van der Waals surface area contributed by atoms with Gasteiger partial charge >= 0.3 is 0 Å². The third-order valence-corrected chi connectivity index (χ3v) is 3.80. The van der Waals surface area contributed by atoms with E-state index in [1.54, 1.807) is 6.08 Å². The highest BCUT2D eigenvalue weighted by Gasteiger charge is 2.21. The maximum atomic E-state index is 11.5. The quantitative estimate of drug-likeness (QED) is 0.840. The molecule has 92 valence electrons. The minimum absolute atomic E-state index is 0.126. The number of rotatable bonds is 3. The van der Waals surface area contributed by atoms with Gasteiger partial charge in [0.15, 0.2) is 0 Å². The molecule has 1 aromatic rings. The summed E-state index contributed by atoms with van der Waals surface area (Å²) in [7, 11) is 0. The summed E-state index contributed by atoms with van der Waals surface area (Å²) in [6, 6.07) is 0. The van der Waals surface area contributed by atoms with Crippen LogP contribution in [0.5, 0.6) is 0 Å². The highest BCUT2D eigenvalue weighted by Crippen LogP contribution is 2.36. The molecule has 5 heteroatoms. The topological polar surface area (TPSA) is 54.9 Å². The molecule has 0 aliphatic heterocycles. The van der Waals surface area contributed by atoms with Crippen molar-refractivity contribution >= 4 is 22.4 Å². The second-order valence-electron chi connectivity index (χ2n) is 4.64. The highest BCUT2D eigenvalue weighted by atomic mass is 32.1. The van der Waals surface area contributed by atoms with Gasteiger partial charge in [-0.2, -0.15) is 0 Å². The van der Waals surface area contributed by atoms with Gasteiger partial charge in [-0.25, -0.2) is 0 Å². The Morgan fingerprint density at radius 1 is 1.35 bits per heavy atom. The van der Waals surface area contributed by atoms with Crippen molar-refractivity contribution in [3.8, 4) is 0 Å². The summed E-state index contributed by atoms with van der Waals surface area (Å²) in [4.78, 5) is 11.5. The smallest absolute Gasteiger partial charge is 0.250 e. The molecular formula is C12H17N3OS. The molecule has 4 nitrogen and oxygen atoms in total. The number of nitrogens with one attached hydrogen (secondary N) is 1.